The van der Waals surface area contributed by atoms with Gasteiger partial charge in [0.15, 0.2) is 0 Å². The summed E-state index contributed by atoms with van der Waals surface area (Å²) in [4.78, 5) is 22.9. The first-order chi connectivity index (χ1) is 9.02. The predicted octanol–water partition coefficient (Wildman–Crippen LogP) is 0.998. The van der Waals surface area contributed by atoms with E-state index in [9.17, 15) is 9.59 Å². The number of benzene rings is 1. The maximum atomic E-state index is 11.5. The normalized spacial score (nSPS) is 11.9. The zero-order valence-electron chi connectivity index (χ0n) is 10.7. The molecule has 0 aliphatic heterocycles. The summed E-state index contributed by atoms with van der Waals surface area (Å²) in [5.41, 5.74) is 6.21. The second-order valence-electron chi connectivity index (χ2n) is 3.99. The maximum absolute atomic E-state index is 11.5. The van der Waals surface area contributed by atoms with Gasteiger partial charge in [-0.1, -0.05) is 28.1 Å². The van der Waals surface area contributed by atoms with Crippen molar-refractivity contribution in [2.75, 3.05) is 13.2 Å². The van der Waals surface area contributed by atoms with Gasteiger partial charge in [-0.15, -0.1) is 0 Å². The van der Waals surface area contributed by atoms with E-state index in [1.807, 2.05) is 24.3 Å². The number of ether oxygens (including phenoxy) is 1. The highest BCUT2D eigenvalue weighted by Gasteiger charge is 2.18. The van der Waals surface area contributed by atoms with Crippen LogP contribution < -0.4 is 11.1 Å². The van der Waals surface area contributed by atoms with Crippen molar-refractivity contribution in [3.63, 3.8) is 0 Å². The van der Waals surface area contributed by atoms with Gasteiger partial charge in [-0.2, -0.15) is 0 Å². The highest BCUT2D eigenvalue weighted by Crippen LogP contribution is 2.13. The van der Waals surface area contributed by atoms with Crippen LogP contribution >= 0.6 is 15.9 Å². The molecule has 5 nitrogen and oxygen atoms in total. The summed E-state index contributed by atoms with van der Waals surface area (Å²) in [6.07, 6.45) is 0.354. The molecule has 1 aromatic carbocycles. The van der Waals surface area contributed by atoms with Crippen molar-refractivity contribution in [2.24, 2.45) is 5.73 Å². The number of nitrogens with one attached hydrogen (secondary N) is 1. The topological polar surface area (TPSA) is 81.4 Å². The highest BCUT2D eigenvalue weighted by molar-refractivity contribution is 9.10. The molecule has 0 saturated carbocycles. The molecule has 19 heavy (non-hydrogen) atoms. The van der Waals surface area contributed by atoms with Gasteiger partial charge < -0.3 is 15.8 Å². The summed E-state index contributed by atoms with van der Waals surface area (Å²) < 4.78 is 5.88. The SMILES string of the molecule is CCOCC(=O)N[C@@H](Cc1cccc(Br)c1)C(N)=O. The zero-order chi connectivity index (χ0) is 14.3. The van der Waals surface area contributed by atoms with Crippen LogP contribution in [0.3, 0.4) is 0 Å². The lowest BCUT2D eigenvalue weighted by atomic mass is 10.1. The van der Waals surface area contributed by atoms with Crippen LogP contribution in [0, 0.1) is 0 Å². The van der Waals surface area contributed by atoms with Crippen LogP contribution in [-0.4, -0.2) is 31.1 Å². The van der Waals surface area contributed by atoms with Crippen molar-refractivity contribution < 1.29 is 14.3 Å². The van der Waals surface area contributed by atoms with Gasteiger partial charge in [-0.25, -0.2) is 0 Å². The molecule has 0 bridgehead atoms. The van der Waals surface area contributed by atoms with Crippen LogP contribution in [0.25, 0.3) is 0 Å². The third-order valence-corrected chi connectivity index (χ3v) is 2.94. The van der Waals surface area contributed by atoms with Crippen LogP contribution in [0.4, 0.5) is 0 Å². The number of carbonyl (C=O) groups excluding carboxylic acids is 2. The number of hydrogen-bond donors (Lipinski definition) is 2. The fourth-order valence-corrected chi connectivity index (χ4v) is 2.00. The van der Waals surface area contributed by atoms with Crippen LogP contribution in [0.5, 0.6) is 0 Å². The zero-order valence-corrected chi connectivity index (χ0v) is 12.3. The summed E-state index contributed by atoms with van der Waals surface area (Å²) in [6.45, 7) is 2.17. The Hall–Kier alpha value is -1.40. The standard InChI is InChI=1S/C13H17BrN2O3/c1-2-19-8-12(17)16-11(13(15)18)7-9-4-3-5-10(14)6-9/h3-6,11H,2,7-8H2,1H3,(H2,15,18)(H,16,17)/t11-/m0/s1. The molecular formula is C13H17BrN2O3. The van der Waals surface area contributed by atoms with Crippen molar-refractivity contribution in [1.29, 1.82) is 0 Å². The lowest BCUT2D eigenvalue weighted by Gasteiger charge is -2.15. The maximum Gasteiger partial charge on any atom is 0.246 e. The number of halogens is 1. The molecule has 2 amide bonds. The Morgan fingerprint density at radius 1 is 1.47 bits per heavy atom. The molecule has 0 heterocycles. The Kier molecular flexibility index (Phi) is 6.52. The van der Waals surface area contributed by atoms with Gasteiger partial charge in [0.05, 0.1) is 0 Å². The monoisotopic (exact) mass is 328 g/mol. The van der Waals surface area contributed by atoms with E-state index in [1.165, 1.54) is 0 Å². The Morgan fingerprint density at radius 2 is 2.21 bits per heavy atom. The molecule has 1 atom stereocenters. The lowest BCUT2D eigenvalue weighted by Crippen LogP contribution is -2.47. The van der Waals surface area contributed by atoms with E-state index in [-0.39, 0.29) is 12.5 Å². The fourth-order valence-electron chi connectivity index (χ4n) is 1.55. The van der Waals surface area contributed by atoms with Crippen LogP contribution in [0.1, 0.15) is 12.5 Å². The molecule has 0 saturated heterocycles. The van der Waals surface area contributed by atoms with E-state index in [0.29, 0.717) is 13.0 Å². The van der Waals surface area contributed by atoms with Crippen molar-refractivity contribution in [3.8, 4) is 0 Å². The predicted molar refractivity (Wildman–Crippen MR) is 75.5 cm³/mol. The number of nitrogens with two attached hydrogens (primary N) is 1. The number of amides is 2. The molecule has 0 radical (unpaired) electrons. The lowest BCUT2D eigenvalue weighted by molar-refractivity contribution is -0.130. The third kappa shape index (κ3) is 5.85. The van der Waals surface area contributed by atoms with E-state index in [4.69, 9.17) is 10.5 Å². The van der Waals surface area contributed by atoms with Crippen molar-refractivity contribution >= 4 is 27.7 Å². The third-order valence-electron chi connectivity index (χ3n) is 2.44. The van der Waals surface area contributed by atoms with Crippen LogP contribution in [0.2, 0.25) is 0 Å². The van der Waals surface area contributed by atoms with Gasteiger partial charge in [-0.3, -0.25) is 9.59 Å². The van der Waals surface area contributed by atoms with Gasteiger partial charge in [0.1, 0.15) is 12.6 Å². The molecule has 1 rings (SSSR count). The summed E-state index contributed by atoms with van der Waals surface area (Å²) >= 11 is 3.35. The Balaban J connectivity index is 2.63. The first kappa shape index (κ1) is 15.7. The van der Waals surface area contributed by atoms with Crippen molar-refractivity contribution in [2.45, 2.75) is 19.4 Å². The molecule has 104 valence electrons. The van der Waals surface area contributed by atoms with E-state index in [1.54, 1.807) is 6.92 Å². The minimum atomic E-state index is -0.734. The minimum Gasteiger partial charge on any atom is -0.372 e. The number of primary amides is 1. The highest BCUT2D eigenvalue weighted by atomic mass is 79.9. The van der Waals surface area contributed by atoms with E-state index < -0.39 is 11.9 Å². The number of rotatable bonds is 7. The van der Waals surface area contributed by atoms with Gasteiger partial charge in [-0.05, 0) is 24.6 Å². The van der Waals surface area contributed by atoms with Crippen molar-refractivity contribution in [1.82, 2.24) is 5.32 Å². The summed E-state index contributed by atoms with van der Waals surface area (Å²) in [5.74, 6) is -0.912. The minimum absolute atomic E-state index is 0.0707. The molecule has 0 spiro atoms. The van der Waals surface area contributed by atoms with Crippen LogP contribution in [-0.2, 0) is 20.7 Å². The second kappa shape index (κ2) is 7.91. The van der Waals surface area contributed by atoms with Gasteiger partial charge >= 0.3 is 0 Å². The first-order valence-electron chi connectivity index (χ1n) is 5.93. The smallest absolute Gasteiger partial charge is 0.246 e. The average Bonchev–Trinajstić information content (AvgIpc) is 2.35. The Bertz CT molecular complexity index is 451. The van der Waals surface area contributed by atoms with Gasteiger partial charge in [0.2, 0.25) is 11.8 Å². The second-order valence-corrected chi connectivity index (χ2v) is 4.91. The summed E-state index contributed by atoms with van der Waals surface area (Å²) in [5, 5.41) is 2.57. The molecule has 0 unspecified atom stereocenters. The summed E-state index contributed by atoms with van der Waals surface area (Å²) in [7, 11) is 0. The molecule has 0 aliphatic carbocycles. The summed E-state index contributed by atoms with van der Waals surface area (Å²) in [6, 6.07) is 6.76. The van der Waals surface area contributed by atoms with Gasteiger partial charge in [0.25, 0.3) is 0 Å². The molecule has 0 fully saturated rings. The molecule has 3 N–H and O–H groups in total. The molecule has 0 aliphatic rings. The Labute approximate surface area is 120 Å². The molecule has 6 heteroatoms. The fraction of sp³-hybridized carbons (Fsp3) is 0.385. The molecule has 1 aromatic rings. The number of hydrogen-bond acceptors (Lipinski definition) is 3. The average molecular weight is 329 g/mol. The van der Waals surface area contributed by atoms with E-state index in [2.05, 4.69) is 21.2 Å². The van der Waals surface area contributed by atoms with E-state index in [0.717, 1.165) is 10.0 Å². The molecule has 0 aromatic heterocycles. The number of carbonyl (C=O) groups is 2. The quantitative estimate of drug-likeness (QED) is 0.783. The van der Waals surface area contributed by atoms with Crippen molar-refractivity contribution in [3.05, 3.63) is 34.3 Å². The molecular weight excluding hydrogens is 312 g/mol. The van der Waals surface area contributed by atoms with E-state index >= 15 is 0 Å². The first-order valence-corrected chi connectivity index (χ1v) is 6.73. The van der Waals surface area contributed by atoms with Gasteiger partial charge in [0, 0.05) is 17.5 Å². The van der Waals surface area contributed by atoms with Crippen LogP contribution in [0.15, 0.2) is 28.7 Å². The largest absolute Gasteiger partial charge is 0.372 e. The Morgan fingerprint density at radius 3 is 2.79 bits per heavy atom.